The highest BCUT2D eigenvalue weighted by Gasteiger charge is 2.50. The summed E-state index contributed by atoms with van der Waals surface area (Å²) in [5, 5.41) is 0. The van der Waals surface area contributed by atoms with E-state index >= 15 is 4.39 Å². The number of aromatic nitrogens is 2. The first kappa shape index (κ1) is 24.9. The van der Waals surface area contributed by atoms with Gasteiger partial charge in [0.15, 0.2) is 24.1 Å². The highest BCUT2D eigenvalue weighted by Crippen LogP contribution is 2.37. The number of nitrogen functional groups attached to an aromatic ring is 1. The fourth-order valence-electron chi connectivity index (χ4n) is 3.69. The Morgan fingerprint density at radius 3 is 2.19 bits per heavy atom. The van der Waals surface area contributed by atoms with Crippen LogP contribution in [0.1, 0.15) is 50.1 Å². The number of anilines is 1. The summed E-state index contributed by atoms with van der Waals surface area (Å²) < 4.78 is 37.1. The number of rotatable bonds is 8. The van der Waals surface area contributed by atoms with E-state index in [-0.39, 0.29) is 29.5 Å². The van der Waals surface area contributed by atoms with Crippen LogP contribution in [0.5, 0.6) is 0 Å². The molecule has 1 aromatic heterocycles. The molecule has 0 amide bonds. The van der Waals surface area contributed by atoms with E-state index in [0.29, 0.717) is 5.56 Å². The summed E-state index contributed by atoms with van der Waals surface area (Å²) in [5.41, 5.74) is 6.10. The molecule has 0 saturated carbocycles. The van der Waals surface area contributed by atoms with E-state index in [2.05, 4.69) is 9.97 Å². The van der Waals surface area contributed by atoms with Crippen LogP contribution in [-0.4, -0.2) is 59.5 Å². The van der Waals surface area contributed by atoms with Crippen LogP contribution in [0.3, 0.4) is 0 Å². The maximum Gasteiger partial charge on any atom is 0.360 e. The molecular weight excluding hydrogens is 473 g/mol. The second-order valence-corrected chi connectivity index (χ2v) is 7.84. The van der Waals surface area contributed by atoms with Crippen molar-refractivity contribution >= 4 is 23.7 Å². The van der Waals surface area contributed by atoms with E-state index in [1.54, 1.807) is 55.5 Å². The lowest BCUT2D eigenvalue weighted by atomic mass is 10.1. The molecule has 11 heteroatoms. The number of nitrogens with two attached hydrogens (primary N) is 1. The van der Waals surface area contributed by atoms with E-state index in [4.69, 9.17) is 24.7 Å². The van der Waals surface area contributed by atoms with Gasteiger partial charge in [0.1, 0.15) is 24.4 Å². The van der Waals surface area contributed by atoms with Gasteiger partial charge in [-0.3, -0.25) is 0 Å². The maximum absolute atomic E-state index is 15.6. The SMILES string of the molecule is CCOC(=O)c1nc([C@@H]2O[C@H](COC(=O)c3ccccc3)[C@@H](OC(=O)c3ccccc3)[C@@H]2F)[nH]c1N. The van der Waals surface area contributed by atoms with Gasteiger partial charge < -0.3 is 29.7 Å². The summed E-state index contributed by atoms with van der Waals surface area (Å²) in [6, 6.07) is 16.2. The van der Waals surface area contributed by atoms with Crippen molar-refractivity contribution in [2.45, 2.75) is 31.4 Å². The number of benzene rings is 2. The fourth-order valence-corrected chi connectivity index (χ4v) is 3.69. The fraction of sp³-hybridized carbons (Fsp3) is 0.280. The average Bonchev–Trinajstić information content (AvgIpc) is 3.43. The second-order valence-electron chi connectivity index (χ2n) is 7.84. The first-order valence-electron chi connectivity index (χ1n) is 11.2. The summed E-state index contributed by atoms with van der Waals surface area (Å²) in [5.74, 6) is -2.45. The van der Waals surface area contributed by atoms with Crippen molar-refractivity contribution in [1.29, 1.82) is 0 Å². The van der Waals surface area contributed by atoms with E-state index in [1.165, 1.54) is 12.1 Å². The first-order valence-corrected chi connectivity index (χ1v) is 11.2. The Morgan fingerprint density at radius 2 is 1.58 bits per heavy atom. The lowest BCUT2D eigenvalue weighted by Crippen LogP contribution is -2.36. The predicted octanol–water partition coefficient (Wildman–Crippen LogP) is 3.03. The van der Waals surface area contributed by atoms with Gasteiger partial charge in [0, 0.05) is 0 Å². The highest BCUT2D eigenvalue weighted by atomic mass is 19.1. The quantitative estimate of drug-likeness (QED) is 0.355. The number of imidazole rings is 1. The Morgan fingerprint density at radius 1 is 0.972 bits per heavy atom. The number of carbonyl (C=O) groups is 3. The van der Waals surface area contributed by atoms with Crippen molar-refractivity contribution in [2.75, 3.05) is 18.9 Å². The van der Waals surface area contributed by atoms with Crippen LogP contribution in [0.25, 0.3) is 0 Å². The molecule has 10 nitrogen and oxygen atoms in total. The molecule has 3 N–H and O–H groups in total. The van der Waals surface area contributed by atoms with Crippen molar-refractivity contribution in [3.63, 3.8) is 0 Å². The number of nitrogens with one attached hydrogen (secondary N) is 1. The molecule has 0 aliphatic carbocycles. The van der Waals surface area contributed by atoms with Gasteiger partial charge in [-0.15, -0.1) is 0 Å². The largest absolute Gasteiger partial charge is 0.461 e. The van der Waals surface area contributed by atoms with Gasteiger partial charge in [-0.2, -0.15) is 0 Å². The standard InChI is InChI=1S/C25H24FN3O7/c1-2-33-25(32)18-21(27)29-22(28-18)20-17(26)19(36-24(31)15-11-7-4-8-12-15)16(35-20)13-34-23(30)14-9-5-3-6-10-14/h3-12,16-17,19-20H,2,13,27H2,1H3,(H,28,29)/t16-,17+,19-,20-/m1/s1. The molecule has 2 aromatic carbocycles. The number of nitrogens with zero attached hydrogens (tertiary/aromatic N) is 1. The zero-order valence-corrected chi connectivity index (χ0v) is 19.3. The molecule has 188 valence electrons. The molecule has 36 heavy (non-hydrogen) atoms. The second kappa shape index (κ2) is 11.0. The van der Waals surface area contributed by atoms with E-state index in [1.807, 2.05) is 0 Å². The summed E-state index contributed by atoms with van der Waals surface area (Å²) in [6.45, 7) is 1.31. The first-order chi connectivity index (χ1) is 17.4. The molecular formula is C25H24FN3O7. The van der Waals surface area contributed by atoms with Gasteiger partial charge >= 0.3 is 17.9 Å². The van der Waals surface area contributed by atoms with Crippen molar-refractivity contribution in [1.82, 2.24) is 9.97 Å². The molecule has 4 atom stereocenters. The minimum atomic E-state index is -1.92. The van der Waals surface area contributed by atoms with Crippen LogP contribution in [0.4, 0.5) is 10.2 Å². The van der Waals surface area contributed by atoms with E-state index in [9.17, 15) is 14.4 Å². The molecule has 1 saturated heterocycles. The van der Waals surface area contributed by atoms with Crippen LogP contribution < -0.4 is 5.73 Å². The molecule has 1 aliphatic heterocycles. The maximum atomic E-state index is 15.6. The third-order valence-electron chi connectivity index (χ3n) is 5.42. The third kappa shape index (κ3) is 5.36. The Balaban J connectivity index is 1.55. The topological polar surface area (TPSA) is 143 Å². The summed E-state index contributed by atoms with van der Waals surface area (Å²) in [6.07, 6.45) is -5.91. The minimum Gasteiger partial charge on any atom is -0.461 e. The normalized spacial score (nSPS) is 21.1. The van der Waals surface area contributed by atoms with Crippen molar-refractivity contribution < 1.29 is 37.7 Å². The van der Waals surface area contributed by atoms with Crippen molar-refractivity contribution in [3.05, 3.63) is 83.3 Å². The monoisotopic (exact) mass is 497 g/mol. The summed E-state index contributed by atoms with van der Waals surface area (Å²) >= 11 is 0. The molecule has 2 heterocycles. The lowest BCUT2D eigenvalue weighted by Gasteiger charge is -2.19. The minimum absolute atomic E-state index is 0.0957. The molecule has 0 bridgehead atoms. The number of alkyl halides is 1. The number of halogens is 1. The van der Waals surface area contributed by atoms with Gasteiger partial charge in [0.2, 0.25) is 0 Å². The van der Waals surface area contributed by atoms with Gasteiger partial charge in [-0.05, 0) is 31.2 Å². The van der Waals surface area contributed by atoms with Gasteiger partial charge in [0.25, 0.3) is 0 Å². The number of hydrogen-bond acceptors (Lipinski definition) is 9. The van der Waals surface area contributed by atoms with Crippen LogP contribution in [0.15, 0.2) is 60.7 Å². The number of esters is 3. The summed E-state index contributed by atoms with van der Waals surface area (Å²) in [7, 11) is 0. The molecule has 0 unspecified atom stereocenters. The van der Waals surface area contributed by atoms with Crippen molar-refractivity contribution in [3.8, 4) is 0 Å². The smallest absolute Gasteiger partial charge is 0.360 e. The Kier molecular flexibility index (Phi) is 7.59. The Hall–Kier alpha value is -4.25. The predicted molar refractivity (Wildman–Crippen MR) is 124 cm³/mol. The number of ether oxygens (including phenoxy) is 4. The van der Waals surface area contributed by atoms with E-state index in [0.717, 1.165) is 0 Å². The van der Waals surface area contributed by atoms with Crippen LogP contribution in [0.2, 0.25) is 0 Å². The third-order valence-corrected chi connectivity index (χ3v) is 5.42. The average molecular weight is 497 g/mol. The number of aromatic amines is 1. The van der Waals surface area contributed by atoms with Gasteiger partial charge in [-0.1, -0.05) is 36.4 Å². The molecule has 0 radical (unpaired) electrons. The van der Waals surface area contributed by atoms with Crippen LogP contribution in [0, 0.1) is 0 Å². The molecule has 1 fully saturated rings. The Labute approximate surface area is 205 Å². The van der Waals surface area contributed by atoms with Gasteiger partial charge in [0.05, 0.1) is 17.7 Å². The van der Waals surface area contributed by atoms with Gasteiger partial charge in [-0.25, -0.2) is 23.8 Å². The number of hydrogen-bond donors (Lipinski definition) is 2. The Bertz CT molecular complexity index is 1220. The van der Waals surface area contributed by atoms with Crippen molar-refractivity contribution in [2.24, 2.45) is 0 Å². The number of carbonyl (C=O) groups excluding carboxylic acids is 3. The van der Waals surface area contributed by atoms with Crippen LogP contribution >= 0.6 is 0 Å². The summed E-state index contributed by atoms with van der Waals surface area (Å²) in [4.78, 5) is 43.8. The zero-order valence-electron chi connectivity index (χ0n) is 19.3. The zero-order chi connectivity index (χ0) is 25.7. The van der Waals surface area contributed by atoms with Crippen LogP contribution in [-0.2, 0) is 18.9 Å². The number of H-pyrrole nitrogens is 1. The molecule has 1 aliphatic rings. The highest BCUT2D eigenvalue weighted by molar-refractivity contribution is 5.92. The lowest BCUT2D eigenvalue weighted by molar-refractivity contribution is -0.0441. The molecule has 4 rings (SSSR count). The molecule has 3 aromatic rings. The molecule has 0 spiro atoms. The van der Waals surface area contributed by atoms with E-state index < -0.39 is 49.0 Å².